The second-order valence-corrected chi connectivity index (χ2v) is 6.96. The van der Waals surface area contributed by atoms with Gasteiger partial charge in [-0.1, -0.05) is 42.5 Å². The van der Waals surface area contributed by atoms with E-state index in [2.05, 4.69) is 40.8 Å². The number of benzene rings is 2. The molecule has 5 nitrogen and oxygen atoms in total. The van der Waals surface area contributed by atoms with Crippen molar-refractivity contribution in [1.82, 2.24) is 14.9 Å². The molecule has 0 spiro atoms. The van der Waals surface area contributed by atoms with Gasteiger partial charge >= 0.3 is 0 Å². The van der Waals surface area contributed by atoms with Crippen LogP contribution in [0.25, 0.3) is 10.9 Å². The first-order valence-electron chi connectivity index (χ1n) is 9.03. The Hall–Kier alpha value is -2.50. The Bertz CT molecular complexity index is 954. The molecule has 134 valence electrons. The Balaban J connectivity index is 1.63. The number of ether oxygens (including phenoxy) is 1. The fraction of sp³-hybridized carbons (Fsp3) is 0.333. The molecule has 0 bridgehead atoms. The van der Waals surface area contributed by atoms with Crippen LogP contribution in [0.3, 0.4) is 0 Å². The Labute approximate surface area is 152 Å². The fourth-order valence-electron chi connectivity index (χ4n) is 3.75. The third-order valence-corrected chi connectivity index (χ3v) is 5.17. The number of nitrogens with one attached hydrogen (secondary N) is 1. The van der Waals surface area contributed by atoms with Gasteiger partial charge in [-0.2, -0.15) is 0 Å². The van der Waals surface area contributed by atoms with Crippen molar-refractivity contribution in [2.45, 2.75) is 38.6 Å². The van der Waals surface area contributed by atoms with E-state index >= 15 is 0 Å². The second kappa shape index (κ2) is 7.02. The summed E-state index contributed by atoms with van der Waals surface area (Å²) >= 11 is 0. The highest BCUT2D eigenvalue weighted by Crippen LogP contribution is 2.31. The minimum absolute atomic E-state index is 0.0135. The molecule has 0 aliphatic carbocycles. The minimum Gasteiger partial charge on any atom is -0.370 e. The highest BCUT2D eigenvalue weighted by molar-refractivity contribution is 5.77. The standard InChI is InChI=1S/C21H23N3O2/c1-14-13-26-20(16-8-4-3-5-9-16)15(2)24(14)12-19-22-18-11-7-6-10-17(18)21(25)23-19/h3-11,14-15,20H,12-13H2,1-2H3,(H,22,23,25). The van der Waals surface area contributed by atoms with Crippen molar-refractivity contribution in [3.05, 3.63) is 76.3 Å². The molecule has 3 unspecified atom stereocenters. The third-order valence-electron chi connectivity index (χ3n) is 5.17. The molecule has 26 heavy (non-hydrogen) atoms. The average Bonchev–Trinajstić information content (AvgIpc) is 2.66. The lowest BCUT2D eigenvalue weighted by Gasteiger charge is -2.43. The van der Waals surface area contributed by atoms with E-state index in [4.69, 9.17) is 4.74 Å². The van der Waals surface area contributed by atoms with Crippen LogP contribution in [-0.2, 0) is 11.3 Å². The lowest BCUT2D eigenvalue weighted by Crippen LogP contribution is -2.50. The van der Waals surface area contributed by atoms with Crippen LogP contribution in [0.15, 0.2) is 59.4 Å². The van der Waals surface area contributed by atoms with E-state index < -0.39 is 0 Å². The van der Waals surface area contributed by atoms with Gasteiger partial charge in [-0.05, 0) is 31.5 Å². The van der Waals surface area contributed by atoms with E-state index in [0.29, 0.717) is 24.4 Å². The number of aromatic nitrogens is 2. The topological polar surface area (TPSA) is 58.2 Å². The number of nitrogens with zero attached hydrogens (tertiary/aromatic N) is 2. The van der Waals surface area contributed by atoms with Gasteiger partial charge in [-0.15, -0.1) is 0 Å². The monoisotopic (exact) mass is 349 g/mol. The molecule has 3 atom stereocenters. The van der Waals surface area contributed by atoms with Gasteiger partial charge in [0.05, 0.1) is 30.2 Å². The van der Waals surface area contributed by atoms with E-state index in [-0.39, 0.29) is 23.7 Å². The van der Waals surface area contributed by atoms with Crippen LogP contribution in [-0.4, -0.2) is 33.6 Å². The summed E-state index contributed by atoms with van der Waals surface area (Å²) in [7, 11) is 0. The summed E-state index contributed by atoms with van der Waals surface area (Å²) in [4.78, 5) is 22.3. The maximum Gasteiger partial charge on any atom is 0.258 e. The lowest BCUT2D eigenvalue weighted by molar-refractivity contribution is -0.100. The highest BCUT2D eigenvalue weighted by Gasteiger charge is 2.34. The van der Waals surface area contributed by atoms with Gasteiger partial charge in [0.25, 0.3) is 5.56 Å². The van der Waals surface area contributed by atoms with E-state index in [1.807, 2.05) is 36.4 Å². The van der Waals surface area contributed by atoms with Crippen LogP contribution in [0, 0.1) is 0 Å². The number of fused-ring (bicyclic) bond motifs is 1. The zero-order valence-corrected chi connectivity index (χ0v) is 15.1. The van der Waals surface area contributed by atoms with Gasteiger partial charge in [-0.3, -0.25) is 9.69 Å². The molecule has 1 N–H and O–H groups in total. The van der Waals surface area contributed by atoms with Crippen molar-refractivity contribution in [1.29, 1.82) is 0 Å². The van der Waals surface area contributed by atoms with Crippen molar-refractivity contribution in [2.24, 2.45) is 0 Å². The first kappa shape index (κ1) is 16.9. The Kier molecular flexibility index (Phi) is 4.57. The fourth-order valence-corrected chi connectivity index (χ4v) is 3.75. The first-order valence-corrected chi connectivity index (χ1v) is 9.03. The number of morpholine rings is 1. The van der Waals surface area contributed by atoms with Crippen molar-refractivity contribution in [2.75, 3.05) is 6.61 Å². The summed E-state index contributed by atoms with van der Waals surface area (Å²) in [5.74, 6) is 0.695. The van der Waals surface area contributed by atoms with Crippen LogP contribution in [0.5, 0.6) is 0 Å². The molecule has 5 heteroatoms. The molecule has 3 aromatic rings. The van der Waals surface area contributed by atoms with Crippen molar-refractivity contribution in [3.63, 3.8) is 0 Å². The SMILES string of the molecule is CC1COC(c2ccccc2)C(C)N1Cc1nc2ccccc2c(=O)[nH]1. The molecule has 0 radical (unpaired) electrons. The van der Waals surface area contributed by atoms with Gasteiger partial charge in [0.2, 0.25) is 0 Å². The van der Waals surface area contributed by atoms with E-state index in [9.17, 15) is 4.79 Å². The quantitative estimate of drug-likeness (QED) is 0.788. The van der Waals surface area contributed by atoms with Crippen LogP contribution in [0.4, 0.5) is 0 Å². The molecule has 0 saturated carbocycles. The van der Waals surface area contributed by atoms with Crippen LogP contribution >= 0.6 is 0 Å². The lowest BCUT2D eigenvalue weighted by atomic mass is 9.98. The smallest absolute Gasteiger partial charge is 0.258 e. The maximum atomic E-state index is 12.4. The number of rotatable bonds is 3. The maximum absolute atomic E-state index is 12.4. The first-order chi connectivity index (χ1) is 12.6. The molecule has 4 rings (SSSR count). The van der Waals surface area contributed by atoms with Crippen LogP contribution in [0.1, 0.15) is 31.3 Å². The number of para-hydroxylation sites is 1. The van der Waals surface area contributed by atoms with Gasteiger partial charge in [0.15, 0.2) is 0 Å². The number of hydrogen-bond donors (Lipinski definition) is 1. The molecule has 1 aliphatic heterocycles. The third kappa shape index (κ3) is 3.16. The van der Waals surface area contributed by atoms with Crippen LogP contribution in [0.2, 0.25) is 0 Å². The summed E-state index contributed by atoms with van der Waals surface area (Å²) < 4.78 is 6.12. The minimum atomic E-state index is -0.0845. The van der Waals surface area contributed by atoms with Crippen molar-refractivity contribution in [3.8, 4) is 0 Å². The van der Waals surface area contributed by atoms with Gasteiger partial charge in [0.1, 0.15) is 5.82 Å². The Morgan fingerprint density at radius 3 is 2.65 bits per heavy atom. The van der Waals surface area contributed by atoms with E-state index in [1.165, 1.54) is 5.56 Å². The number of H-pyrrole nitrogens is 1. The molecule has 2 heterocycles. The van der Waals surface area contributed by atoms with E-state index in [0.717, 1.165) is 5.52 Å². The average molecular weight is 349 g/mol. The zero-order chi connectivity index (χ0) is 18.1. The second-order valence-electron chi connectivity index (χ2n) is 6.96. The predicted octanol–water partition coefficient (Wildman–Crippen LogP) is 3.27. The molecule has 1 aromatic heterocycles. The summed E-state index contributed by atoms with van der Waals surface area (Å²) in [5, 5.41) is 0.626. The molecule has 1 saturated heterocycles. The Morgan fingerprint density at radius 2 is 1.85 bits per heavy atom. The van der Waals surface area contributed by atoms with Crippen molar-refractivity contribution < 1.29 is 4.74 Å². The van der Waals surface area contributed by atoms with Gasteiger partial charge in [0, 0.05) is 12.1 Å². The summed E-state index contributed by atoms with van der Waals surface area (Å²) in [6.45, 7) is 5.57. The van der Waals surface area contributed by atoms with Crippen LogP contribution < -0.4 is 5.56 Å². The number of hydrogen-bond acceptors (Lipinski definition) is 4. The number of aromatic amines is 1. The Morgan fingerprint density at radius 1 is 1.12 bits per heavy atom. The molecule has 1 fully saturated rings. The van der Waals surface area contributed by atoms with Gasteiger partial charge in [-0.25, -0.2) is 4.98 Å². The van der Waals surface area contributed by atoms with E-state index in [1.54, 1.807) is 6.07 Å². The zero-order valence-electron chi connectivity index (χ0n) is 15.1. The summed E-state index contributed by atoms with van der Waals surface area (Å²) in [6, 6.07) is 18.2. The largest absolute Gasteiger partial charge is 0.370 e. The highest BCUT2D eigenvalue weighted by atomic mass is 16.5. The molecule has 2 aromatic carbocycles. The molecule has 1 aliphatic rings. The predicted molar refractivity (Wildman–Crippen MR) is 102 cm³/mol. The summed E-state index contributed by atoms with van der Waals surface area (Å²) in [5.41, 5.74) is 1.83. The van der Waals surface area contributed by atoms with Gasteiger partial charge < -0.3 is 9.72 Å². The van der Waals surface area contributed by atoms with Crippen molar-refractivity contribution >= 4 is 10.9 Å². The molecular weight excluding hydrogens is 326 g/mol. The normalized spacial score (nSPS) is 24.0. The summed E-state index contributed by atoms with van der Waals surface area (Å²) in [6.07, 6.45) is 0.0135. The molecular formula is C21H23N3O2. The molecule has 0 amide bonds.